The van der Waals surface area contributed by atoms with Gasteiger partial charge in [-0.25, -0.2) is 4.79 Å². The largest absolute Gasteiger partial charge is 0.460 e. The van der Waals surface area contributed by atoms with Gasteiger partial charge in [0.1, 0.15) is 6.61 Å². The first kappa shape index (κ1) is 18.4. The number of esters is 1. The Kier molecular flexibility index (Phi) is 7.25. The molecule has 4 heteroatoms. The first-order valence-electron chi connectivity index (χ1n) is 6.88. The minimum absolute atomic E-state index is 0.0555. The molecule has 20 heavy (non-hydrogen) atoms. The van der Waals surface area contributed by atoms with E-state index in [1.54, 1.807) is 6.92 Å². The van der Waals surface area contributed by atoms with Gasteiger partial charge in [-0.15, -0.1) is 0 Å². The summed E-state index contributed by atoms with van der Waals surface area (Å²) in [5.74, 6) is -0.314. The van der Waals surface area contributed by atoms with Crippen LogP contribution in [0.25, 0.3) is 0 Å². The van der Waals surface area contributed by atoms with Gasteiger partial charge in [0.05, 0.1) is 12.0 Å². The number of carbonyl (C=O) groups excluding carboxylic acids is 2. The maximum atomic E-state index is 12.3. The second-order valence-electron chi connectivity index (χ2n) is 5.83. The maximum absolute atomic E-state index is 12.3. The Morgan fingerprint density at radius 3 is 2.25 bits per heavy atom. The molecule has 0 bridgehead atoms. The fourth-order valence-corrected chi connectivity index (χ4v) is 1.72. The van der Waals surface area contributed by atoms with Crippen LogP contribution in [0.2, 0.25) is 0 Å². The molecule has 1 atom stereocenters. The molecular formula is C16H27NO3. The molecule has 4 nitrogen and oxygen atoms in total. The summed E-state index contributed by atoms with van der Waals surface area (Å²) in [7, 11) is 0. The lowest BCUT2D eigenvalue weighted by molar-refractivity contribution is -0.139. The molecular weight excluding hydrogens is 254 g/mol. The highest BCUT2D eigenvalue weighted by atomic mass is 16.5. The van der Waals surface area contributed by atoms with Gasteiger partial charge < -0.3 is 10.1 Å². The third-order valence-electron chi connectivity index (χ3n) is 3.25. The Labute approximate surface area is 122 Å². The van der Waals surface area contributed by atoms with Crippen molar-refractivity contribution in [1.29, 1.82) is 0 Å². The van der Waals surface area contributed by atoms with Crippen molar-refractivity contribution in [2.75, 3.05) is 13.2 Å². The molecule has 1 N–H and O–H groups in total. The van der Waals surface area contributed by atoms with Crippen LogP contribution in [0.1, 0.15) is 41.5 Å². The molecule has 0 radical (unpaired) electrons. The monoisotopic (exact) mass is 281 g/mol. The molecule has 0 aliphatic carbocycles. The number of rotatable bonds is 7. The van der Waals surface area contributed by atoms with Gasteiger partial charge in [-0.2, -0.15) is 0 Å². The molecule has 1 unspecified atom stereocenters. The minimum atomic E-state index is -0.558. The van der Waals surface area contributed by atoms with Gasteiger partial charge >= 0.3 is 5.97 Å². The number of amides is 1. The zero-order valence-electron chi connectivity index (χ0n) is 13.5. The summed E-state index contributed by atoms with van der Waals surface area (Å²) >= 11 is 0. The van der Waals surface area contributed by atoms with E-state index in [9.17, 15) is 9.59 Å². The van der Waals surface area contributed by atoms with Crippen LogP contribution in [0, 0.1) is 11.3 Å². The highest BCUT2D eigenvalue weighted by Gasteiger charge is 2.33. The lowest BCUT2D eigenvalue weighted by atomic mass is 9.77. The normalized spacial score (nSPS) is 13.3. The Hall–Kier alpha value is -1.58. The van der Waals surface area contributed by atoms with E-state index in [2.05, 4.69) is 11.9 Å². The highest BCUT2D eigenvalue weighted by Crippen LogP contribution is 2.30. The standard InChI is InChI=1S/C16H27NO3/c1-11(2)10-16(7,13(5)6)15(19)17-8-9-20-14(18)12(3)4/h10,13H,3,8-9H2,1-2,4-7H3,(H,17,19). The molecule has 0 saturated heterocycles. The van der Waals surface area contributed by atoms with Crippen molar-refractivity contribution in [2.45, 2.75) is 41.5 Å². The maximum Gasteiger partial charge on any atom is 0.333 e. The van der Waals surface area contributed by atoms with E-state index in [1.165, 1.54) is 0 Å². The van der Waals surface area contributed by atoms with E-state index < -0.39 is 11.4 Å². The molecule has 0 spiro atoms. The van der Waals surface area contributed by atoms with Crippen molar-refractivity contribution in [3.8, 4) is 0 Å². The summed E-state index contributed by atoms with van der Waals surface area (Å²) in [6.45, 7) is 15.4. The fraction of sp³-hybridized carbons (Fsp3) is 0.625. The van der Waals surface area contributed by atoms with E-state index >= 15 is 0 Å². The molecule has 0 aromatic rings. The number of carbonyl (C=O) groups is 2. The van der Waals surface area contributed by atoms with Crippen LogP contribution in [0.5, 0.6) is 0 Å². The van der Waals surface area contributed by atoms with E-state index in [4.69, 9.17) is 4.74 Å². The summed E-state index contributed by atoms with van der Waals surface area (Å²) in [5, 5.41) is 2.81. The predicted octanol–water partition coefficient (Wildman–Crippen LogP) is 2.85. The molecule has 0 aliphatic rings. The van der Waals surface area contributed by atoms with E-state index in [0.29, 0.717) is 12.1 Å². The molecule has 0 aromatic carbocycles. The van der Waals surface area contributed by atoms with E-state index in [-0.39, 0.29) is 18.4 Å². The Balaban J connectivity index is 4.47. The first-order chi connectivity index (χ1) is 9.11. The van der Waals surface area contributed by atoms with Crippen molar-refractivity contribution in [1.82, 2.24) is 5.32 Å². The number of allylic oxidation sites excluding steroid dienone is 1. The highest BCUT2D eigenvalue weighted by molar-refractivity contribution is 5.87. The lowest BCUT2D eigenvalue weighted by Crippen LogP contribution is -2.42. The van der Waals surface area contributed by atoms with Gasteiger partial charge in [0.25, 0.3) is 0 Å². The average Bonchev–Trinajstić information content (AvgIpc) is 2.32. The van der Waals surface area contributed by atoms with Gasteiger partial charge in [0.15, 0.2) is 0 Å². The Morgan fingerprint density at radius 1 is 1.30 bits per heavy atom. The van der Waals surface area contributed by atoms with Crippen LogP contribution in [0.4, 0.5) is 0 Å². The van der Waals surface area contributed by atoms with Crippen LogP contribution in [0.3, 0.4) is 0 Å². The lowest BCUT2D eigenvalue weighted by Gasteiger charge is -2.29. The van der Waals surface area contributed by atoms with Crippen LogP contribution in [-0.4, -0.2) is 25.0 Å². The van der Waals surface area contributed by atoms with Gasteiger partial charge in [0.2, 0.25) is 5.91 Å². The number of hydrogen-bond acceptors (Lipinski definition) is 3. The zero-order chi connectivity index (χ0) is 15.9. The second-order valence-corrected chi connectivity index (χ2v) is 5.83. The smallest absolute Gasteiger partial charge is 0.333 e. The molecule has 0 saturated carbocycles. The number of nitrogens with one attached hydrogen (secondary N) is 1. The predicted molar refractivity (Wildman–Crippen MR) is 81.2 cm³/mol. The van der Waals surface area contributed by atoms with E-state index in [0.717, 1.165) is 5.57 Å². The first-order valence-corrected chi connectivity index (χ1v) is 6.88. The van der Waals surface area contributed by atoms with Crippen molar-refractivity contribution >= 4 is 11.9 Å². The quantitative estimate of drug-likeness (QED) is 0.338. The van der Waals surface area contributed by atoms with Crippen molar-refractivity contribution in [3.05, 3.63) is 23.8 Å². The topological polar surface area (TPSA) is 55.4 Å². The molecule has 0 rings (SSSR count). The molecule has 1 amide bonds. The third kappa shape index (κ3) is 5.59. The Morgan fingerprint density at radius 2 is 1.85 bits per heavy atom. The average molecular weight is 281 g/mol. The van der Waals surface area contributed by atoms with Crippen LogP contribution < -0.4 is 5.32 Å². The van der Waals surface area contributed by atoms with Gasteiger partial charge in [-0.1, -0.05) is 32.1 Å². The summed E-state index contributed by atoms with van der Waals surface area (Å²) in [6.07, 6.45) is 1.98. The molecule has 0 aliphatic heterocycles. The number of ether oxygens (including phenoxy) is 1. The van der Waals surface area contributed by atoms with Crippen molar-refractivity contribution in [2.24, 2.45) is 11.3 Å². The minimum Gasteiger partial charge on any atom is -0.460 e. The van der Waals surface area contributed by atoms with E-state index in [1.807, 2.05) is 40.7 Å². The van der Waals surface area contributed by atoms with Gasteiger partial charge in [0, 0.05) is 5.57 Å². The Bertz CT molecular complexity index is 406. The molecule has 0 fully saturated rings. The molecule has 114 valence electrons. The fourth-order valence-electron chi connectivity index (χ4n) is 1.72. The third-order valence-corrected chi connectivity index (χ3v) is 3.25. The van der Waals surface area contributed by atoms with Gasteiger partial charge in [-0.05, 0) is 33.6 Å². The van der Waals surface area contributed by atoms with Crippen LogP contribution >= 0.6 is 0 Å². The van der Waals surface area contributed by atoms with Crippen molar-refractivity contribution in [3.63, 3.8) is 0 Å². The van der Waals surface area contributed by atoms with Crippen molar-refractivity contribution < 1.29 is 14.3 Å². The second kappa shape index (κ2) is 7.88. The molecule has 0 aromatic heterocycles. The summed E-state index contributed by atoms with van der Waals surface area (Å²) < 4.78 is 4.94. The van der Waals surface area contributed by atoms with Gasteiger partial charge in [-0.3, -0.25) is 4.79 Å². The summed E-state index contributed by atoms with van der Waals surface area (Å²) in [6, 6.07) is 0. The van der Waals surface area contributed by atoms with Crippen LogP contribution in [-0.2, 0) is 14.3 Å². The summed E-state index contributed by atoms with van der Waals surface area (Å²) in [5.41, 5.74) is 0.898. The number of hydrogen-bond donors (Lipinski definition) is 1. The SMILES string of the molecule is C=C(C)C(=O)OCCNC(=O)C(C)(C=C(C)C)C(C)C. The van der Waals surface area contributed by atoms with Crippen LogP contribution in [0.15, 0.2) is 23.8 Å². The zero-order valence-corrected chi connectivity index (χ0v) is 13.5. The summed E-state index contributed by atoms with van der Waals surface area (Å²) in [4.78, 5) is 23.5. The molecule has 0 heterocycles.